The van der Waals surface area contributed by atoms with Crippen LogP contribution >= 0.6 is 0 Å². The highest BCUT2D eigenvalue weighted by atomic mass is 16.5. The van der Waals surface area contributed by atoms with Gasteiger partial charge in [0.1, 0.15) is 0 Å². The van der Waals surface area contributed by atoms with Gasteiger partial charge in [0.25, 0.3) is 0 Å². The van der Waals surface area contributed by atoms with Crippen molar-refractivity contribution in [1.29, 1.82) is 0 Å². The van der Waals surface area contributed by atoms with Gasteiger partial charge in [0.2, 0.25) is 0 Å². The van der Waals surface area contributed by atoms with Gasteiger partial charge in [-0.05, 0) is 6.42 Å². The standard InChI is InChI=1S/C11H16N2O3/c1-2-3-4-5-6-7-16-10(14)9-8-12-11(15)13-9/h8H,2-7H2,1H3. The Labute approximate surface area is 94.6 Å². The van der Waals surface area contributed by atoms with E-state index in [0.717, 1.165) is 25.5 Å². The zero-order chi connectivity index (χ0) is 11.8. The molecule has 2 amide bonds. The Morgan fingerprint density at radius 3 is 2.69 bits per heavy atom. The SMILES string of the molecule is CCCCCCCOC(=O)C1=NC(=O)N=C1. The number of carbonyl (C=O) groups excluding carboxylic acids is 2. The number of aliphatic imine (C=N–C) groups is 2. The number of unbranched alkanes of at least 4 members (excludes halogenated alkanes) is 4. The summed E-state index contributed by atoms with van der Waals surface area (Å²) in [5.74, 6) is -0.565. The number of esters is 1. The van der Waals surface area contributed by atoms with Crippen LogP contribution in [0.15, 0.2) is 9.98 Å². The predicted octanol–water partition coefficient (Wildman–Crippen LogP) is 2.15. The van der Waals surface area contributed by atoms with Crippen LogP contribution in [0.5, 0.6) is 0 Å². The normalized spacial score (nSPS) is 14.1. The lowest BCUT2D eigenvalue weighted by molar-refractivity contribution is -0.135. The topological polar surface area (TPSA) is 68.1 Å². The van der Waals surface area contributed by atoms with Gasteiger partial charge in [-0.15, -0.1) is 0 Å². The van der Waals surface area contributed by atoms with Crippen molar-refractivity contribution >= 4 is 23.9 Å². The maximum atomic E-state index is 11.3. The van der Waals surface area contributed by atoms with Crippen molar-refractivity contribution in [3.63, 3.8) is 0 Å². The molecular weight excluding hydrogens is 208 g/mol. The molecule has 0 spiro atoms. The fraction of sp³-hybridized carbons (Fsp3) is 0.636. The van der Waals surface area contributed by atoms with Crippen LogP contribution in [0.4, 0.5) is 4.79 Å². The van der Waals surface area contributed by atoms with E-state index in [1.807, 2.05) is 0 Å². The van der Waals surface area contributed by atoms with Gasteiger partial charge >= 0.3 is 12.0 Å². The van der Waals surface area contributed by atoms with Crippen molar-refractivity contribution in [1.82, 2.24) is 0 Å². The van der Waals surface area contributed by atoms with Gasteiger partial charge in [-0.1, -0.05) is 32.6 Å². The molecule has 0 saturated carbocycles. The third kappa shape index (κ3) is 4.33. The summed E-state index contributed by atoms with van der Waals surface area (Å²) in [7, 11) is 0. The zero-order valence-corrected chi connectivity index (χ0v) is 9.44. The molecule has 1 heterocycles. The molecule has 16 heavy (non-hydrogen) atoms. The molecular formula is C11H16N2O3. The number of amides is 2. The highest BCUT2D eigenvalue weighted by Crippen LogP contribution is 2.03. The van der Waals surface area contributed by atoms with E-state index < -0.39 is 12.0 Å². The number of nitrogens with zero attached hydrogens (tertiary/aromatic N) is 2. The quantitative estimate of drug-likeness (QED) is 0.491. The third-order valence-electron chi connectivity index (χ3n) is 2.20. The fourth-order valence-corrected chi connectivity index (χ4v) is 1.32. The average Bonchev–Trinajstić information content (AvgIpc) is 2.70. The lowest BCUT2D eigenvalue weighted by Crippen LogP contribution is -2.17. The molecule has 0 N–H and O–H groups in total. The second-order valence-electron chi connectivity index (χ2n) is 3.59. The summed E-state index contributed by atoms with van der Waals surface area (Å²) in [5, 5.41) is 0. The van der Waals surface area contributed by atoms with Crippen molar-refractivity contribution in [3.05, 3.63) is 0 Å². The molecule has 0 radical (unpaired) electrons. The van der Waals surface area contributed by atoms with E-state index >= 15 is 0 Å². The molecule has 1 aliphatic rings. The predicted molar refractivity (Wildman–Crippen MR) is 61.0 cm³/mol. The Hall–Kier alpha value is -1.52. The summed E-state index contributed by atoms with van der Waals surface area (Å²) in [6.07, 6.45) is 6.61. The zero-order valence-electron chi connectivity index (χ0n) is 9.44. The van der Waals surface area contributed by atoms with Crippen LogP contribution in [0, 0.1) is 0 Å². The van der Waals surface area contributed by atoms with Gasteiger partial charge in [-0.3, -0.25) is 0 Å². The Kier molecular flexibility index (Phi) is 5.39. The first-order chi connectivity index (χ1) is 7.74. The summed E-state index contributed by atoms with van der Waals surface area (Å²) in [6, 6.07) is -0.644. The van der Waals surface area contributed by atoms with Crippen LogP contribution in [0.25, 0.3) is 0 Å². The monoisotopic (exact) mass is 224 g/mol. The van der Waals surface area contributed by atoms with E-state index in [9.17, 15) is 9.59 Å². The fourth-order valence-electron chi connectivity index (χ4n) is 1.32. The number of urea groups is 1. The maximum Gasteiger partial charge on any atom is 0.367 e. The van der Waals surface area contributed by atoms with E-state index in [-0.39, 0.29) is 5.71 Å². The maximum absolute atomic E-state index is 11.3. The van der Waals surface area contributed by atoms with Gasteiger partial charge in [-0.2, -0.15) is 9.98 Å². The van der Waals surface area contributed by atoms with Crippen molar-refractivity contribution in [2.45, 2.75) is 39.0 Å². The second-order valence-corrected chi connectivity index (χ2v) is 3.59. The second kappa shape index (κ2) is 6.87. The van der Waals surface area contributed by atoms with Crippen LogP contribution in [0.2, 0.25) is 0 Å². The van der Waals surface area contributed by atoms with E-state index in [1.54, 1.807) is 0 Å². The van der Waals surface area contributed by atoms with Crippen LogP contribution in [0.1, 0.15) is 39.0 Å². The van der Waals surface area contributed by atoms with Crippen molar-refractivity contribution in [3.8, 4) is 0 Å². The molecule has 0 aromatic carbocycles. The Balaban J connectivity index is 2.10. The molecule has 0 unspecified atom stereocenters. The Morgan fingerprint density at radius 2 is 2.06 bits per heavy atom. The van der Waals surface area contributed by atoms with Crippen LogP contribution in [-0.4, -0.2) is 30.5 Å². The van der Waals surface area contributed by atoms with E-state index in [0.29, 0.717) is 6.61 Å². The number of rotatable bonds is 7. The molecule has 88 valence electrons. The van der Waals surface area contributed by atoms with Crippen molar-refractivity contribution in [2.24, 2.45) is 9.98 Å². The van der Waals surface area contributed by atoms with Gasteiger partial charge in [0.15, 0.2) is 5.71 Å². The highest BCUT2D eigenvalue weighted by molar-refractivity contribution is 6.62. The first-order valence-electron chi connectivity index (χ1n) is 5.58. The largest absolute Gasteiger partial charge is 0.461 e. The molecule has 0 fully saturated rings. The molecule has 0 atom stereocenters. The molecule has 5 nitrogen and oxygen atoms in total. The molecule has 0 aliphatic carbocycles. The minimum atomic E-state index is -0.644. The van der Waals surface area contributed by atoms with Gasteiger partial charge in [-0.25, -0.2) is 9.59 Å². The lowest BCUT2D eigenvalue weighted by Gasteiger charge is -2.02. The molecule has 5 heteroatoms. The van der Waals surface area contributed by atoms with Crippen LogP contribution < -0.4 is 0 Å². The Bertz CT molecular complexity index is 321. The van der Waals surface area contributed by atoms with Crippen molar-refractivity contribution in [2.75, 3.05) is 6.61 Å². The minimum absolute atomic E-state index is 0.00134. The van der Waals surface area contributed by atoms with E-state index in [4.69, 9.17) is 4.74 Å². The summed E-state index contributed by atoms with van der Waals surface area (Å²) in [6.45, 7) is 2.53. The molecule has 0 aromatic rings. The lowest BCUT2D eigenvalue weighted by atomic mass is 10.2. The summed E-state index contributed by atoms with van der Waals surface area (Å²) < 4.78 is 4.94. The van der Waals surface area contributed by atoms with E-state index in [1.165, 1.54) is 12.8 Å². The number of carbonyl (C=O) groups is 2. The van der Waals surface area contributed by atoms with Gasteiger partial charge in [0.05, 0.1) is 12.8 Å². The number of hydrogen-bond donors (Lipinski definition) is 0. The summed E-state index contributed by atoms with van der Waals surface area (Å²) in [4.78, 5) is 28.6. The third-order valence-corrected chi connectivity index (χ3v) is 2.20. The van der Waals surface area contributed by atoms with Gasteiger partial charge < -0.3 is 4.74 Å². The van der Waals surface area contributed by atoms with Crippen LogP contribution in [-0.2, 0) is 9.53 Å². The summed E-state index contributed by atoms with van der Waals surface area (Å²) >= 11 is 0. The van der Waals surface area contributed by atoms with Gasteiger partial charge in [0, 0.05) is 0 Å². The molecule has 1 rings (SSSR count). The van der Waals surface area contributed by atoms with Crippen LogP contribution in [0.3, 0.4) is 0 Å². The first-order valence-corrected chi connectivity index (χ1v) is 5.58. The van der Waals surface area contributed by atoms with Crippen molar-refractivity contribution < 1.29 is 14.3 Å². The number of ether oxygens (including phenoxy) is 1. The molecule has 0 aromatic heterocycles. The molecule has 0 bridgehead atoms. The highest BCUT2D eigenvalue weighted by Gasteiger charge is 2.17. The molecule has 1 aliphatic heterocycles. The average molecular weight is 224 g/mol. The first kappa shape index (κ1) is 12.5. The minimum Gasteiger partial charge on any atom is -0.461 e. The number of hydrogen-bond acceptors (Lipinski definition) is 3. The summed E-state index contributed by atoms with van der Waals surface area (Å²) in [5.41, 5.74) is -0.00134. The Morgan fingerprint density at radius 1 is 1.31 bits per heavy atom. The smallest absolute Gasteiger partial charge is 0.367 e. The molecule has 0 saturated heterocycles. The van der Waals surface area contributed by atoms with E-state index in [2.05, 4.69) is 16.9 Å².